The molecule has 0 saturated carbocycles. The number of aromatic nitrogens is 1. The van der Waals surface area contributed by atoms with Crippen LogP contribution in [0.1, 0.15) is 60.4 Å². The number of benzene rings is 2. The molecule has 8 nitrogen and oxygen atoms in total. The molecular formula is C30H40N4O4S. The van der Waals surface area contributed by atoms with Gasteiger partial charge in [-0.25, -0.2) is 8.42 Å². The third kappa shape index (κ3) is 4.79. The van der Waals surface area contributed by atoms with Crippen LogP contribution in [0.4, 0.5) is 0 Å². The molecule has 5 rings (SSSR count). The van der Waals surface area contributed by atoms with Crippen molar-refractivity contribution >= 4 is 26.7 Å². The van der Waals surface area contributed by atoms with Crippen molar-refractivity contribution in [3.05, 3.63) is 58.3 Å². The molecule has 0 amide bonds. The smallest absolute Gasteiger partial charge is 0.246 e. The van der Waals surface area contributed by atoms with Gasteiger partial charge in [0.05, 0.1) is 5.56 Å². The zero-order chi connectivity index (χ0) is 28.1. The molecule has 39 heavy (non-hydrogen) atoms. The third-order valence-corrected chi connectivity index (χ3v) is 10.4. The number of ketones is 1. The Morgan fingerprint density at radius 2 is 1.74 bits per heavy atom. The number of piperazine rings is 1. The highest BCUT2D eigenvalue weighted by atomic mass is 32.2. The highest BCUT2D eigenvalue weighted by Gasteiger charge is 2.42. The normalized spacial score (nSPS) is 18.0. The highest BCUT2D eigenvalue weighted by molar-refractivity contribution is 7.89. The average Bonchev–Trinajstić information content (AvgIpc) is 3.30. The second-order valence-electron chi connectivity index (χ2n) is 11.3. The summed E-state index contributed by atoms with van der Waals surface area (Å²) in [6, 6.07) is 9.41. The van der Waals surface area contributed by atoms with Gasteiger partial charge in [-0.2, -0.15) is 4.31 Å². The second-order valence-corrected chi connectivity index (χ2v) is 13.2. The predicted molar refractivity (Wildman–Crippen MR) is 155 cm³/mol. The predicted octanol–water partition coefficient (Wildman–Crippen LogP) is 4.00. The number of H-pyrrole nitrogens is 1. The summed E-state index contributed by atoms with van der Waals surface area (Å²) in [5.41, 5.74) is 4.14. The summed E-state index contributed by atoms with van der Waals surface area (Å²) in [6.07, 6.45) is 0. The minimum atomic E-state index is -3.88. The first kappa shape index (κ1) is 27.8. The van der Waals surface area contributed by atoms with E-state index in [-0.39, 0.29) is 10.7 Å². The van der Waals surface area contributed by atoms with Crippen molar-refractivity contribution in [2.45, 2.75) is 44.9 Å². The number of aryl methyl sites for hydroxylation is 1. The first-order chi connectivity index (χ1) is 18.5. The van der Waals surface area contributed by atoms with E-state index in [0.29, 0.717) is 56.2 Å². The Morgan fingerprint density at radius 1 is 1.05 bits per heavy atom. The molecule has 1 saturated heterocycles. The number of rotatable bonds is 8. The van der Waals surface area contributed by atoms with E-state index >= 15 is 0 Å². The summed E-state index contributed by atoms with van der Waals surface area (Å²) in [6.45, 7) is 15.3. The molecule has 0 radical (unpaired) electrons. The Morgan fingerprint density at radius 3 is 2.41 bits per heavy atom. The summed E-state index contributed by atoms with van der Waals surface area (Å²) >= 11 is 0. The van der Waals surface area contributed by atoms with Gasteiger partial charge in [0, 0.05) is 60.3 Å². The van der Waals surface area contributed by atoms with Gasteiger partial charge < -0.3 is 19.5 Å². The zero-order valence-corrected chi connectivity index (χ0v) is 24.7. The molecule has 0 atom stereocenters. The molecule has 9 heteroatoms. The van der Waals surface area contributed by atoms with Crippen LogP contribution >= 0.6 is 0 Å². The van der Waals surface area contributed by atoms with Gasteiger partial charge in [-0.05, 0) is 56.4 Å². The first-order valence-corrected chi connectivity index (χ1v) is 15.3. The summed E-state index contributed by atoms with van der Waals surface area (Å²) in [7, 11) is -1.88. The lowest BCUT2D eigenvalue weighted by atomic mass is 9.71. The standard InChI is InChI=1S/C30H40N4O4S/c1-7-33(8-2)15-16-38-25-19-23-22(18-26(25)39(36,37)34-13-11-32(6)12-14-34)28(35)27-21-10-9-20(3)17-24(21)31-29(27)30(23,4)5/h9-10,17-19,31H,7-8,11-16H2,1-6H3. The zero-order valence-electron chi connectivity index (χ0n) is 23.9. The molecule has 1 aromatic heterocycles. The van der Waals surface area contributed by atoms with E-state index in [0.717, 1.165) is 40.8 Å². The molecule has 0 unspecified atom stereocenters. The van der Waals surface area contributed by atoms with Crippen molar-refractivity contribution < 1.29 is 17.9 Å². The SMILES string of the molecule is CCN(CC)CCOc1cc2c(cc1S(=O)(=O)N1CCN(C)CC1)C(=O)c1c([nH]c3cc(C)ccc13)C2(C)C. The largest absolute Gasteiger partial charge is 0.491 e. The van der Waals surface area contributed by atoms with Crippen LogP contribution in [0.2, 0.25) is 0 Å². The van der Waals surface area contributed by atoms with E-state index in [1.807, 2.05) is 32.2 Å². The number of ether oxygens (including phenoxy) is 1. The monoisotopic (exact) mass is 552 g/mol. The van der Waals surface area contributed by atoms with Gasteiger partial charge in [0.25, 0.3) is 0 Å². The lowest BCUT2D eigenvalue weighted by Gasteiger charge is -2.35. The molecule has 1 aliphatic carbocycles. The molecule has 210 valence electrons. The minimum absolute atomic E-state index is 0.0774. The van der Waals surface area contributed by atoms with Gasteiger partial charge in [-0.1, -0.05) is 39.8 Å². The summed E-state index contributed by atoms with van der Waals surface area (Å²) in [5, 5.41) is 0.863. The van der Waals surface area contributed by atoms with Crippen LogP contribution in [-0.2, 0) is 15.4 Å². The van der Waals surface area contributed by atoms with Gasteiger partial charge in [-0.3, -0.25) is 4.79 Å². The Hall–Kier alpha value is -2.72. The van der Waals surface area contributed by atoms with Crippen LogP contribution in [0, 0.1) is 6.92 Å². The first-order valence-electron chi connectivity index (χ1n) is 13.9. The molecule has 1 N–H and O–H groups in total. The number of carbonyl (C=O) groups is 1. The highest BCUT2D eigenvalue weighted by Crippen LogP contribution is 2.46. The molecular weight excluding hydrogens is 512 g/mol. The van der Waals surface area contributed by atoms with Crippen LogP contribution in [-0.4, -0.2) is 92.8 Å². The minimum Gasteiger partial charge on any atom is -0.491 e. The average molecular weight is 553 g/mol. The van der Waals surface area contributed by atoms with Crippen molar-refractivity contribution in [1.82, 2.24) is 19.1 Å². The maximum absolute atomic E-state index is 14.1. The van der Waals surface area contributed by atoms with Crippen molar-refractivity contribution in [2.24, 2.45) is 0 Å². The topological polar surface area (TPSA) is 85.9 Å². The fraction of sp³-hybridized carbons (Fsp3) is 0.500. The number of hydrogen-bond donors (Lipinski definition) is 1. The second kappa shape index (κ2) is 10.4. The van der Waals surface area contributed by atoms with E-state index in [2.05, 4.69) is 42.5 Å². The lowest BCUT2D eigenvalue weighted by Crippen LogP contribution is -2.47. The summed E-state index contributed by atoms with van der Waals surface area (Å²) in [5.74, 6) is 0.162. The van der Waals surface area contributed by atoms with E-state index in [1.165, 1.54) is 4.31 Å². The molecule has 3 aromatic rings. The number of nitrogens with zero attached hydrogens (tertiary/aromatic N) is 3. The Labute approximate surface area is 232 Å². The maximum atomic E-state index is 14.1. The number of sulfonamides is 1. The van der Waals surface area contributed by atoms with Crippen LogP contribution in [0.15, 0.2) is 35.2 Å². The number of carbonyl (C=O) groups excluding carboxylic acids is 1. The van der Waals surface area contributed by atoms with Crippen molar-refractivity contribution in [3.8, 4) is 5.75 Å². The van der Waals surface area contributed by atoms with Crippen LogP contribution in [0.25, 0.3) is 10.9 Å². The van der Waals surface area contributed by atoms with Crippen molar-refractivity contribution in [3.63, 3.8) is 0 Å². The number of likely N-dealkylation sites (N-methyl/N-ethyl adjacent to an activating group) is 2. The van der Waals surface area contributed by atoms with Crippen LogP contribution in [0.5, 0.6) is 5.75 Å². The van der Waals surface area contributed by atoms with Crippen molar-refractivity contribution in [1.29, 1.82) is 0 Å². The Balaban J connectivity index is 1.64. The van der Waals surface area contributed by atoms with E-state index in [1.54, 1.807) is 12.1 Å². The maximum Gasteiger partial charge on any atom is 0.246 e. The van der Waals surface area contributed by atoms with Gasteiger partial charge in [0.1, 0.15) is 17.3 Å². The number of nitrogens with one attached hydrogen (secondary N) is 1. The molecule has 2 aromatic carbocycles. The van der Waals surface area contributed by atoms with Gasteiger partial charge in [0.2, 0.25) is 10.0 Å². The summed E-state index contributed by atoms with van der Waals surface area (Å²) in [4.78, 5) is 22.0. The van der Waals surface area contributed by atoms with Gasteiger partial charge in [-0.15, -0.1) is 0 Å². The molecule has 0 spiro atoms. The molecule has 0 bridgehead atoms. The fourth-order valence-electron chi connectivity index (χ4n) is 5.86. The van der Waals surface area contributed by atoms with Gasteiger partial charge >= 0.3 is 0 Å². The fourth-order valence-corrected chi connectivity index (χ4v) is 7.42. The van der Waals surface area contributed by atoms with E-state index in [4.69, 9.17) is 4.74 Å². The third-order valence-electron chi connectivity index (χ3n) is 8.45. The quantitative estimate of drug-likeness (QED) is 0.455. The molecule has 2 heterocycles. The molecule has 1 fully saturated rings. The van der Waals surface area contributed by atoms with E-state index in [9.17, 15) is 13.2 Å². The molecule has 1 aliphatic heterocycles. The number of aromatic amines is 1. The lowest BCUT2D eigenvalue weighted by molar-refractivity contribution is 0.103. The number of hydrogen-bond acceptors (Lipinski definition) is 6. The van der Waals surface area contributed by atoms with Crippen LogP contribution in [0.3, 0.4) is 0 Å². The van der Waals surface area contributed by atoms with Crippen molar-refractivity contribution in [2.75, 3.05) is 59.5 Å². The van der Waals surface area contributed by atoms with E-state index < -0.39 is 15.4 Å². The Kier molecular flexibility index (Phi) is 7.39. The number of fused-ring (bicyclic) bond motifs is 4. The summed E-state index contributed by atoms with van der Waals surface area (Å²) < 4.78 is 35.8. The van der Waals surface area contributed by atoms with Crippen LogP contribution < -0.4 is 4.74 Å². The Bertz CT molecular complexity index is 1510. The molecule has 2 aliphatic rings. The van der Waals surface area contributed by atoms with Gasteiger partial charge in [0.15, 0.2) is 5.78 Å².